The Morgan fingerprint density at radius 2 is 1.86 bits per heavy atom. The quantitative estimate of drug-likeness (QED) is 0.708. The molecule has 2 aromatic heterocycles. The standard InChI is InChI=1S/C14H9Cl3N2O2/c15-8-5-10(17)12(6-9(8)16)21-14-11(7-20)19-4-2-1-3-13(19)18-14/h1-6,20H,7H2. The fourth-order valence-corrected chi connectivity index (χ4v) is 2.51. The van der Waals surface area contributed by atoms with Gasteiger partial charge < -0.3 is 9.84 Å². The number of nitrogens with zero attached hydrogens (tertiary/aromatic N) is 2. The third-order valence-corrected chi connectivity index (χ3v) is 3.94. The lowest BCUT2D eigenvalue weighted by atomic mass is 10.3. The van der Waals surface area contributed by atoms with Crippen LogP contribution in [0.3, 0.4) is 0 Å². The number of benzene rings is 1. The molecule has 0 saturated carbocycles. The lowest BCUT2D eigenvalue weighted by Gasteiger charge is -2.08. The van der Waals surface area contributed by atoms with Gasteiger partial charge in [0.05, 0.1) is 21.7 Å². The molecule has 0 fully saturated rings. The van der Waals surface area contributed by atoms with Crippen LogP contribution in [0.15, 0.2) is 36.5 Å². The molecule has 0 aliphatic carbocycles. The van der Waals surface area contributed by atoms with Crippen LogP contribution in [0.1, 0.15) is 5.69 Å². The maximum Gasteiger partial charge on any atom is 0.243 e. The van der Waals surface area contributed by atoms with Crippen molar-refractivity contribution in [1.29, 1.82) is 0 Å². The first-order valence-corrected chi connectivity index (χ1v) is 7.12. The van der Waals surface area contributed by atoms with Crippen LogP contribution >= 0.6 is 34.8 Å². The Labute approximate surface area is 135 Å². The summed E-state index contributed by atoms with van der Waals surface area (Å²) in [6.45, 7) is -0.223. The van der Waals surface area contributed by atoms with Gasteiger partial charge >= 0.3 is 0 Å². The molecular formula is C14H9Cl3N2O2. The highest BCUT2D eigenvalue weighted by atomic mass is 35.5. The molecule has 4 nitrogen and oxygen atoms in total. The van der Waals surface area contributed by atoms with Crippen LogP contribution < -0.4 is 4.74 Å². The van der Waals surface area contributed by atoms with E-state index in [1.807, 2.05) is 18.2 Å². The highest BCUT2D eigenvalue weighted by Gasteiger charge is 2.15. The Bertz CT molecular complexity index is 817. The number of pyridine rings is 1. The van der Waals surface area contributed by atoms with E-state index in [0.717, 1.165) is 0 Å². The summed E-state index contributed by atoms with van der Waals surface area (Å²) in [5, 5.41) is 10.5. The fraction of sp³-hybridized carbons (Fsp3) is 0.0714. The number of aliphatic hydroxyl groups is 1. The number of imidazole rings is 1. The van der Waals surface area contributed by atoms with E-state index in [1.54, 1.807) is 10.6 Å². The van der Waals surface area contributed by atoms with Crippen molar-refractivity contribution in [2.75, 3.05) is 0 Å². The van der Waals surface area contributed by atoms with Crippen molar-refractivity contribution in [3.8, 4) is 11.6 Å². The Kier molecular flexibility index (Phi) is 3.95. The van der Waals surface area contributed by atoms with Gasteiger partial charge in [-0.1, -0.05) is 40.9 Å². The zero-order valence-electron chi connectivity index (χ0n) is 10.6. The fourth-order valence-electron chi connectivity index (χ4n) is 1.94. The van der Waals surface area contributed by atoms with E-state index in [2.05, 4.69) is 4.98 Å². The average Bonchev–Trinajstić information content (AvgIpc) is 2.81. The molecule has 0 aliphatic rings. The van der Waals surface area contributed by atoms with Crippen molar-refractivity contribution < 1.29 is 9.84 Å². The molecule has 0 aliphatic heterocycles. The van der Waals surface area contributed by atoms with Gasteiger partial charge in [0, 0.05) is 12.3 Å². The molecule has 1 N–H and O–H groups in total. The topological polar surface area (TPSA) is 46.8 Å². The van der Waals surface area contributed by atoms with Crippen molar-refractivity contribution >= 4 is 40.4 Å². The van der Waals surface area contributed by atoms with Crippen molar-refractivity contribution in [2.24, 2.45) is 0 Å². The second kappa shape index (κ2) is 5.73. The lowest BCUT2D eigenvalue weighted by Crippen LogP contribution is -1.95. The summed E-state index contributed by atoms with van der Waals surface area (Å²) in [4.78, 5) is 4.32. The molecule has 2 heterocycles. The number of rotatable bonds is 3. The Morgan fingerprint density at radius 1 is 1.10 bits per heavy atom. The van der Waals surface area contributed by atoms with E-state index in [0.29, 0.717) is 32.2 Å². The second-order valence-electron chi connectivity index (χ2n) is 4.25. The first-order valence-electron chi connectivity index (χ1n) is 5.99. The van der Waals surface area contributed by atoms with Gasteiger partial charge in [0.1, 0.15) is 17.1 Å². The van der Waals surface area contributed by atoms with Crippen LogP contribution in [0.5, 0.6) is 11.6 Å². The SMILES string of the molecule is OCc1c(Oc2cc(Cl)c(Cl)cc2Cl)nc2ccccn12. The molecule has 3 rings (SSSR count). The zero-order chi connectivity index (χ0) is 15.0. The molecule has 21 heavy (non-hydrogen) atoms. The highest BCUT2D eigenvalue weighted by molar-refractivity contribution is 6.43. The summed E-state index contributed by atoms with van der Waals surface area (Å²) in [5.74, 6) is 0.591. The minimum Gasteiger partial charge on any atom is -0.436 e. The van der Waals surface area contributed by atoms with Crippen LogP contribution in [0.25, 0.3) is 5.65 Å². The van der Waals surface area contributed by atoms with E-state index in [4.69, 9.17) is 39.5 Å². The van der Waals surface area contributed by atoms with Crippen LogP contribution in [-0.2, 0) is 6.61 Å². The van der Waals surface area contributed by atoms with Gasteiger partial charge in [-0.05, 0) is 18.2 Å². The van der Waals surface area contributed by atoms with E-state index >= 15 is 0 Å². The Balaban J connectivity index is 2.08. The molecule has 108 valence electrons. The summed E-state index contributed by atoms with van der Waals surface area (Å²) in [5.41, 5.74) is 1.18. The number of aromatic nitrogens is 2. The van der Waals surface area contributed by atoms with E-state index in [-0.39, 0.29) is 12.5 Å². The van der Waals surface area contributed by atoms with Crippen molar-refractivity contribution in [2.45, 2.75) is 6.61 Å². The van der Waals surface area contributed by atoms with Crippen LogP contribution in [0.4, 0.5) is 0 Å². The molecule has 0 saturated heterocycles. The summed E-state index contributed by atoms with van der Waals surface area (Å²) >= 11 is 17.9. The van der Waals surface area contributed by atoms with Gasteiger partial charge in [0.15, 0.2) is 0 Å². The molecule has 7 heteroatoms. The van der Waals surface area contributed by atoms with Gasteiger partial charge in [-0.25, -0.2) is 0 Å². The highest BCUT2D eigenvalue weighted by Crippen LogP contribution is 2.37. The normalized spacial score (nSPS) is 11.0. The molecule has 0 atom stereocenters. The van der Waals surface area contributed by atoms with Gasteiger partial charge in [-0.15, -0.1) is 0 Å². The van der Waals surface area contributed by atoms with Crippen molar-refractivity contribution in [1.82, 2.24) is 9.38 Å². The number of aliphatic hydroxyl groups excluding tert-OH is 1. The molecule has 3 aromatic rings. The molecule has 0 bridgehead atoms. The largest absolute Gasteiger partial charge is 0.436 e. The molecular weight excluding hydrogens is 335 g/mol. The summed E-state index contributed by atoms with van der Waals surface area (Å²) in [6, 6.07) is 8.50. The third-order valence-electron chi connectivity index (χ3n) is 2.92. The van der Waals surface area contributed by atoms with E-state index < -0.39 is 0 Å². The number of hydrogen-bond acceptors (Lipinski definition) is 3. The third kappa shape index (κ3) is 2.68. The maximum absolute atomic E-state index is 9.53. The van der Waals surface area contributed by atoms with Gasteiger partial charge in [0.2, 0.25) is 5.88 Å². The number of fused-ring (bicyclic) bond motifs is 1. The van der Waals surface area contributed by atoms with Crippen LogP contribution in [-0.4, -0.2) is 14.5 Å². The lowest BCUT2D eigenvalue weighted by molar-refractivity contribution is 0.269. The summed E-state index contributed by atoms with van der Waals surface area (Å²) in [7, 11) is 0. The first-order chi connectivity index (χ1) is 10.1. The predicted octanol–water partition coefficient (Wildman–Crippen LogP) is 4.58. The maximum atomic E-state index is 9.53. The summed E-state index contributed by atoms with van der Waals surface area (Å²) < 4.78 is 7.42. The van der Waals surface area contributed by atoms with Gasteiger partial charge in [0.25, 0.3) is 0 Å². The number of hydrogen-bond donors (Lipinski definition) is 1. The van der Waals surface area contributed by atoms with Gasteiger partial charge in [-0.3, -0.25) is 4.40 Å². The van der Waals surface area contributed by atoms with E-state index in [9.17, 15) is 5.11 Å². The monoisotopic (exact) mass is 342 g/mol. The first kappa shape index (κ1) is 14.5. The molecule has 0 unspecified atom stereocenters. The summed E-state index contributed by atoms with van der Waals surface area (Å²) in [6.07, 6.45) is 1.79. The van der Waals surface area contributed by atoms with E-state index in [1.165, 1.54) is 12.1 Å². The predicted molar refractivity (Wildman–Crippen MR) is 82.7 cm³/mol. The van der Waals surface area contributed by atoms with Crippen LogP contribution in [0, 0.1) is 0 Å². The minimum absolute atomic E-state index is 0.223. The second-order valence-corrected chi connectivity index (χ2v) is 5.47. The Hall–Kier alpha value is -1.46. The number of halogens is 3. The van der Waals surface area contributed by atoms with Crippen molar-refractivity contribution in [3.63, 3.8) is 0 Å². The van der Waals surface area contributed by atoms with Gasteiger partial charge in [-0.2, -0.15) is 4.98 Å². The minimum atomic E-state index is -0.223. The smallest absolute Gasteiger partial charge is 0.243 e. The number of ether oxygens (including phenoxy) is 1. The molecule has 0 amide bonds. The zero-order valence-corrected chi connectivity index (χ0v) is 12.8. The average molecular weight is 344 g/mol. The molecule has 0 radical (unpaired) electrons. The van der Waals surface area contributed by atoms with Crippen LogP contribution in [0.2, 0.25) is 15.1 Å². The molecule has 1 aromatic carbocycles. The molecule has 0 spiro atoms. The Morgan fingerprint density at radius 3 is 2.62 bits per heavy atom. The van der Waals surface area contributed by atoms with Crippen molar-refractivity contribution in [3.05, 3.63) is 57.3 Å².